The number of aromatic carboxylic acids is 1. The summed E-state index contributed by atoms with van der Waals surface area (Å²) in [6.07, 6.45) is 0. The van der Waals surface area contributed by atoms with E-state index in [9.17, 15) is 4.79 Å². The zero-order valence-electron chi connectivity index (χ0n) is 10.6. The van der Waals surface area contributed by atoms with Gasteiger partial charge in [-0.2, -0.15) is 0 Å². The maximum absolute atomic E-state index is 11.1. The molecule has 0 amide bonds. The van der Waals surface area contributed by atoms with Gasteiger partial charge in [0, 0.05) is 5.56 Å². The van der Waals surface area contributed by atoms with Gasteiger partial charge in [-0.3, -0.25) is 5.41 Å². The highest BCUT2D eigenvalue weighted by Crippen LogP contribution is 2.21. The van der Waals surface area contributed by atoms with Crippen LogP contribution in [0.15, 0.2) is 22.9 Å². The van der Waals surface area contributed by atoms with E-state index < -0.39 is 12.6 Å². The van der Waals surface area contributed by atoms with Gasteiger partial charge in [0.1, 0.15) is 0 Å². The molecule has 1 aromatic carbocycles. The van der Waals surface area contributed by atoms with Crippen molar-refractivity contribution in [3.63, 3.8) is 0 Å². The van der Waals surface area contributed by atoms with Gasteiger partial charge in [0.05, 0.1) is 28.6 Å². The van der Waals surface area contributed by atoms with E-state index in [1.54, 1.807) is 19.9 Å². The van der Waals surface area contributed by atoms with Gasteiger partial charge in [0.25, 0.3) is 0 Å². The topological polar surface area (TPSA) is 107 Å². The molecule has 0 aliphatic carbocycles. The number of carbonyl (C=O) groups is 1. The van der Waals surface area contributed by atoms with E-state index in [1.165, 1.54) is 6.07 Å². The highest BCUT2D eigenvalue weighted by atomic mass is 35.5. The predicted octanol–water partition coefficient (Wildman–Crippen LogP) is 1.77. The molecular weight excluding hydrogens is 268 g/mol. The van der Waals surface area contributed by atoms with Gasteiger partial charge in [0.15, 0.2) is 0 Å². The molecule has 0 heterocycles. The van der Waals surface area contributed by atoms with Crippen LogP contribution in [0.25, 0.3) is 0 Å². The minimum absolute atomic E-state index is 0.0245. The van der Waals surface area contributed by atoms with Crippen molar-refractivity contribution >= 4 is 23.3 Å². The zero-order valence-corrected chi connectivity index (χ0v) is 11.4. The van der Waals surface area contributed by atoms with Crippen LogP contribution in [0.2, 0.25) is 0 Å². The molecule has 6 heteroatoms. The van der Waals surface area contributed by atoms with Crippen LogP contribution in [0.1, 0.15) is 27.0 Å². The Morgan fingerprint density at radius 1 is 1.32 bits per heavy atom. The lowest BCUT2D eigenvalue weighted by atomic mass is 9.96. The highest BCUT2D eigenvalue weighted by Gasteiger charge is 2.16. The predicted molar refractivity (Wildman–Crippen MR) is 73.9 cm³/mol. The van der Waals surface area contributed by atoms with Crippen LogP contribution in [-0.2, 0) is 0 Å². The quantitative estimate of drug-likeness (QED) is 0.631. The number of benzene rings is 1. The Hall–Kier alpha value is -1.85. The molecule has 102 valence electrons. The number of aliphatic hydroxyl groups is 1. The molecule has 0 spiro atoms. The van der Waals surface area contributed by atoms with Crippen molar-refractivity contribution in [2.45, 2.75) is 13.8 Å². The molecular formula is C13H15ClN2O3. The molecule has 19 heavy (non-hydrogen) atoms. The highest BCUT2D eigenvalue weighted by molar-refractivity contribution is 6.46. The molecule has 1 aromatic rings. The summed E-state index contributed by atoms with van der Waals surface area (Å²) in [4.78, 5) is 11.1. The number of halogens is 1. The lowest BCUT2D eigenvalue weighted by molar-refractivity contribution is 0.0696. The molecule has 0 aliphatic heterocycles. The fourth-order valence-electron chi connectivity index (χ4n) is 1.70. The Morgan fingerprint density at radius 3 is 2.32 bits per heavy atom. The van der Waals surface area contributed by atoms with Crippen molar-refractivity contribution in [1.29, 1.82) is 5.41 Å². The van der Waals surface area contributed by atoms with E-state index >= 15 is 0 Å². The van der Waals surface area contributed by atoms with Crippen LogP contribution < -0.4 is 5.73 Å². The first-order valence-electron chi connectivity index (χ1n) is 5.48. The normalized spacial score (nSPS) is 12.0. The number of hydrogen-bond acceptors (Lipinski definition) is 4. The number of nitrogens with one attached hydrogen (secondary N) is 1. The summed E-state index contributed by atoms with van der Waals surface area (Å²) >= 11 is 5.88. The molecule has 1 rings (SSSR count). The number of carboxylic acid groups (broad SMARTS) is 1. The van der Waals surface area contributed by atoms with E-state index in [0.717, 1.165) is 5.56 Å². The fourth-order valence-corrected chi connectivity index (χ4v) is 1.86. The molecule has 5 nitrogen and oxygen atoms in total. The number of carboxylic acids is 1. The summed E-state index contributed by atoms with van der Waals surface area (Å²) in [5.74, 6) is -1.07. The second kappa shape index (κ2) is 5.86. The maximum atomic E-state index is 11.1. The number of aliphatic hydroxyl groups excluding tert-OH is 1. The van der Waals surface area contributed by atoms with Crippen molar-refractivity contribution in [2.24, 2.45) is 5.73 Å². The molecule has 0 saturated carbocycles. The first kappa shape index (κ1) is 15.2. The smallest absolute Gasteiger partial charge is 0.335 e. The van der Waals surface area contributed by atoms with Gasteiger partial charge in [-0.25, -0.2) is 4.79 Å². The van der Waals surface area contributed by atoms with Gasteiger partial charge in [-0.15, -0.1) is 0 Å². The third-order valence-corrected chi connectivity index (χ3v) is 3.17. The van der Waals surface area contributed by atoms with E-state index in [2.05, 4.69) is 0 Å². The minimum atomic E-state index is -1.07. The molecule has 0 fully saturated rings. The fraction of sp³-hybridized carbons (Fsp3) is 0.231. The van der Waals surface area contributed by atoms with E-state index in [1.807, 2.05) is 0 Å². The van der Waals surface area contributed by atoms with Gasteiger partial charge in [0.2, 0.25) is 0 Å². The third kappa shape index (κ3) is 3.13. The summed E-state index contributed by atoms with van der Waals surface area (Å²) in [6.45, 7) is 2.98. The van der Waals surface area contributed by atoms with E-state index in [4.69, 9.17) is 33.0 Å². The second-order valence-electron chi connectivity index (χ2n) is 4.16. The van der Waals surface area contributed by atoms with Crippen molar-refractivity contribution in [1.82, 2.24) is 0 Å². The van der Waals surface area contributed by atoms with Crippen LogP contribution in [0.5, 0.6) is 0 Å². The maximum Gasteiger partial charge on any atom is 0.335 e. The minimum Gasteiger partial charge on any atom is -0.478 e. The lowest BCUT2D eigenvalue weighted by Gasteiger charge is -2.12. The monoisotopic (exact) mass is 282 g/mol. The van der Waals surface area contributed by atoms with Crippen LogP contribution in [0.4, 0.5) is 0 Å². The van der Waals surface area contributed by atoms with Crippen LogP contribution in [-0.4, -0.2) is 28.5 Å². The van der Waals surface area contributed by atoms with Crippen LogP contribution >= 0.6 is 11.6 Å². The SMILES string of the molecule is Cc1cc(C)c(C(=O)O)cc1C(=N)C(Cl)=C(N)CO. The van der Waals surface area contributed by atoms with Crippen molar-refractivity contribution < 1.29 is 15.0 Å². The van der Waals surface area contributed by atoms with Gasteiger partial charge >= 0.3 is 5.97 Å². The van der Waals surface area contributed by atoms with Crippen LogP contribution in [0, 0.1) is 19.3 Å². The average molecular weight is 283 g/mol. The third-order valence-electron chi connectivity index (χ3n) is 2.74. The van der Waals surface area contributed by atoms with E-state index in [-0.39, 0.29) is 22.0 Å². The van der Waals surface area contributed by atoms with E-state index in [0.29, 0.717) is 11.1 Å². The first-order chi connectivity index (χ1) is 8.79. The Labute approximate surface area is 115 Å². The number of aryl methyl sites for hydroxylation is 2. The Morgan fingerprint density at radius 2 is 1.84 bits per heavy atom. The summed E-state index contributed by atoms with van der Waals surface area (Å²) in [7, 11) is 0. The van der Waals surface area contributed by atoms with Crippen LogP contribution in [0.3, 0.4) is 0 Å². The zero-order chi connectivity index (χ0) is 14.7. The standard InChI is InChI=1S/C13H15ClN2O3/c1-6-3-7(2)9(13(18)19)4-8(6)12(16)11(14)10(15)5-17/h3-4,16-17H,5,15H2,1-2H3,(H,18,19). The molecule has 0 aromatic heterocycles. The van der Waals surface area contributed by atoms with Crippen molar-refractivity contribution in [3.8, 4) is 0 Å². The molecule has 5 N–H and O–H groups in total. The van der Waals surface area contributed by atoms with Crippen molar-refractivity contribution in [2.75, 3.05) is 6.61 Å². The van der Waals surface area contributed by atoms with Crippen molar-refractivity contribution in [3.05, 3.63) is 45.1 Å². The largest absolute Gasteiger partial charge is 0.478 e. The molecule has 0 atom stereocenters. The molecule has 0 aliphatic rings. The van der Waals surface area contributed by atoms with Gasteiger partial charge in [-0.1, -0.05) is 17.7 Å². The summed E-state index contributed by atoms with van der Waals surface area (Å²) in [6, 6.07) is 3.06. The number of nitrogens with two attached hydrogens (primary N) is 1. The Kier molecular flexibility index (Phi) is 4.69. The summed E-state index contributed by atoms with van der Waals surface area (Å²) in [5, 5.41) is 25.8. The summed E-state index contributed by atoms with van der Waals surface area (Å²) < 4.78 is 0. The average Bonchev–Trinajstić information content (AvgIpc) is 2.35. The van der Waals surface area contributed by atoms with Gasteiger partial charge < -0.3 is 15.9 Å². The van der Waals surface area contributed by atoms with Gasteiger partial charge in [-0.05, 0) is 31.0 Å². The molecule has 0 saturated heterocycles. The number of allylic oxidation sites excluding steroid dienone is 1. The first-order valence-corrected chi connectivity index (χ1v) is 5.86. The summed E-state index contributed by atoms with van der Waals surface area (Å²) in [5.41, 5.74) is 7.16. The Bertz CT molecular complexity index is 579. The number of rotatable bonds is 4. The Balaban J connectivity index is 3.40. The molecule has 0 bridgehead atoms. The molecule has 0 unspecified atom stereocenters. The lowest BCUT2D eigenvalue weighted by Crippen LogP contribution is -2.13. The molecule has 0 radical (unpaired) electrons. The second-order valence-corrected chi connectivity index (χ2v) is 4.54. The number of hydrogen-bond donors (Lipinski definition) is 4.